The Morgan fingerprint density at radius 3 is 1.65 bits per heavy atom. The van der Waals surface area contributed by atoms with Gasteiger partial charge in [0.1, 0.15) is 12.4 Å². The first kappa shape index (κ1) is 45.6. The molecule has 0 amide bonds. The van der Waals surface area contributed by atoms with Crippen LogP contribution in [-0.4, -0.2) is 80.4 Å². The molecule has 9 nitrogen and oxygen atoms in total. The van der Waals surface area contributed by atoms with Gasteiger partial charge in [-0.15, -0.1) is 0 Å². The molecule has 2 N–H and O–H groups in total. The summed E-state index contributed by atoms with van der Waals surface area (Å²) in [6.45, 7) is 18.1. The quantitative estimate of drug-likeness (QED) is 0.0942. The van der Waals surface area contributed by atoms with Crippen LogP contribution in [0.2, 0.25) is 0 Å². The van der Waals surface area contributed by atoms with Crippen molar-refractivity contribution in [2.24, 2.45) is 11.8 Å². The lowest BCUT2D eigenvalue weighted by atomic mass is 9.89. The van der Waals surface area contributed by atoms with E-state index in [0.29, 0.717) is 35.8 Å². The Balaban J connectivity index is 0.000000190. The van der Waals surface area contributed by atoms with Gasteiger partial charge in [0.2, 0.25) is 0 Å². The van der Waals surface area contributed by atoms with Gasteiger partial charge in [-0.1, -0.05) is 88.4 Å². The molecule has 9 heteroatoms. The molecule has 2 fully saturated rings. The maximum Gasteiger partial charge on any atom is 0.335 e. The minimum absolute atomic E-state index is 0.0264. The van der Waals surface area contributed by atoms with E-state index in [1.807, 2.05) is 36.4 Å². The monoisotopic (exact) mass is 853 g/mol. The fraction of sp³-hybridized carbons (Fsp3) is 0.444. The number of aromatic carboxylic acids is 1. The molecule has 334 valence electrons. The van der Waals surface area contributed by atoms with E-state index in [-0.39, 0.29) is 6.42 Å². The molecule has 2 aliphatic rings. The number of para-hydroxylation sites is 2. The summed E-state index contributed by atoms with van der Waals surface area (Å²) in [5.41, 5.74) is 8.08. The zero-order valence-electron chi connectivity index (χ0n) is 37.9. The molecule has 0 atom stereocenters. The van der Waals surface area contributed by atoms with Crippen molar-refractivity contribution in [3.63, 3.8) is 0 Å². The van der Waals surface area contributed by atoms with E-state index in [0.717, 1.165) is 63.7 Å². The number of piperidine rings is 2. The number of hydrogen-bond acceptors (Lipinski definition) is 5. The summed E-state index contributed by atoms with van der Waals surface area (Å²) in [6, 6.07) is 32.4. The Hall–Kier alpha value is -5.38. The van der Waals surface area contributed by atoms with Gasteiger partial charge >= 0.3 is 11.9 Å². The number of nitrogens with zero attached hydrogens (tertiary/aromatic N) is 4. The highest BCUT2D eigenvalue weighted by atomic mass is 16.5. The van der Waals surface area contributed by atoms with Gasteiger partial charge in [-0.05, 0) is 147 Å². The third-order valence-corrected chi connectivity index (χ3v) is 13.1. The summed E-state index contributed by atoms with van der Waals surface area (Å²) >= 11 is 0. The van der Waals surface area contributed by atoms with E-state index < -0.39 is 11.9 Å². The molecular formula is C54H68N4O5. The predicted molar refractivity (Wildman–Crippen MR) is 255 cm³/mol. The number of carbonyl (C=O) groups is 2. The molecule has 0 aliphatic carbocycles. The third kappa shape index (κ3) is 12.4. The maximum absolute atomic E-state index is 11.0. The van der Waals surface area contributed by atoms with E-state index in [4.69, 9.17) is 14.9 Å². The van der Waals surface area contributed by atoms with E-state index in [1.165, 1.54) is 77.0 Å². The molecule has 4 heterocycles. The second-order valence-electron chi connectivity index (χ2n) is 18.7. The number of carboxylic acid groups (broad SMARTS) is 2. The van der Waals surface area contributed by atoms with Crippen LogP contribution < -0.4 is 4.74 Å². The smallest absolute Gasteiger partial charge is 0.335 e. The van der Waals surface area contributed by atoms with Gasteiger partial charge in [0.25, 0.3) is 0 Å². The van der Waals surface area contributed by atoms with Gasteiger partial charge in [-0.25, -0.2) is 4.79 Å². The molecule has 2 aliphatic heterocycles. The second-order valence-corrected chi connectivity index (χ2v) is 18.7. The van der Waals surface area contributed by atoms with Crippen molar-refractivity contribution in [3.05, 3.63) is 137 Å². The van der Waals surface area contributed by atoms with E-state index in [9.17, 15) is 9.59 Å². The molecule has 2 saturated heterocycles. The normalized spacial score (nSPS) is 15.6. The van der Waals surface area contributed by atoms with Gasteiger partial charge in [0.05, 0.1) is 12.0 Å². The lowest BCUT2D eigenvalue weighted by molar-refractivity contribution is -0.136. The van der Waals surface area contributed by atoms with Crippen molar-refractivity contribution >= 4 is 33.7 Å². The maximum atomic E-state index is 11.0. The van der Waals surface area contributed by atoms with Crippen LogP contribution in [0.4, 0.5) is 0 Å². The first-order chi connectivity index (χ1) is 30.5. The number of ether oxygens (including phenoxy) is 1. The number of rotatable bonds is 17. The molecule has 8 rings (SSSR count). The Bertz CT molecular complexity index is 2400. The molecule has 0 spiro atoms. The first-order valence-electron chi connectivity index (χ1n) is 23.4. The fourth-order valence-corrected chi connectivity index (χ4v) is 9.46. The van der Waals surface area contributed by atoms with Crippen LogP contribution in [0, 0.1) is 11.8 Å². The number of carboxylic acids is 2. The van der Waals surface area contributed by atoms with E-state index in [1.54, 1.807) is 12.1 Å². The van der Waals surface area contributed by atoms with Crippen molar-refractivity contribution < 1.29 is 24.5 Å². The SMILES string of the molecule is CC(C)CCn1cc(C2CCN(CCOc3cccc(CC(=O)O)c3)CC2)c2ccccc21.CC(C)CCn1cc(C2CCN(Cc3ccc(C(=O)O)cc3)CC2)c2ccccc21. The average molecular weight is 853 g/mol. The minimum Gasteiger partial charge on any atom is -0.492 e. The number of hydrogen-bond donors (Lipinski definition) is 2. The topological polar surface area (TPSA) is 100 Å². The van der Waals surface area contributed by atoms with Crippen molar-refractivity contribution in [2.45, 2.75) is 104 Å². The number of fused-ring (bicyclic) bond motifs is 2. The van der Waals surface area contributed by atoms with E-state index >= 15 is 0 Å². The number of aryl methyl sites for hydroxylation is 2. The minimum atomic E-state index is -0.866. The van der Waals surface area contributed by atoms with Crippen LogP contribution >= 0.6 is 0 Å². The van der Waals surface area contributed by atoms with Crippen molar-refractivity contribution in [3.8, 4) is 5.75 Å². The van der Waals surface area contributed by atoms with Gasteiger partial charge < -0.3 is 24.1 Å². The predicted octanol–water partition coefficient (Wildman–Crippen LogP) is 11.3. The standard InChI is InChI=1S/C28H36N2O3.C26H32N2O2/c1-21(2)10-15-30-20-26(25-8-3-4-9-27(25)30)23-11-13-29(14-12-23)16-17-33-24-7-5-6-22(18-24)19-28(31)32;1-19(2)11-16-28-18-24(23-5-3-4-6-25(23)28)21-12-14-27(15-13-21)17-20-7-9-22(10-8-20)26(29)30/h3-9,18,20-21,23H,10-17,19H2,1-2H3,(H,31,32);3-10,18-19,21H,11-17H2,1-2H3,(H,29,30). The molecule has 0 bridgehead atoms. The number of likely N-dealkylation sites (tertiary alicyclic amines) is 2. The van der Waals surface area contributed by atoms with Gasteiger partial charge in [-0.3, -0.25) is 14.6 Å². The van der Waals surface area contributed by atoms with Crippen molar-refractivity contribution in [1.82, 2.24) is 18.9 Å². The van der Waals surface area contributed by atoms with Crippen molar-refractivity contribution in [2.75, 3.05) is 39.3 Å². The fourth-order valence-electron chi connectivity index (χ4n) is 9.46. The summed E-state index contributed by atoms with van der Waals surface area (Å²) in [6.07, 6.45) is 12.0. The Morgan fingerprint density at radius 1 is 0.619 bits per heavy atom. The zero-order chi connectivity index (χ0) is 44.3. The van der Waals surface area contributed by atoms with Crippen LogP contribution in [0.25, 0.3) is 21.8 Å². The Labute approximate surface area is 374 Å². The number of aliphatic carboxylic acids is 1. The summed E-state index contributed by atoms with van der Waals surface area (Å²) in [5, 5.41) is 20.9. The molecule has 0 unspecified atom stereocenters. The highest BCUT2D eigenvalue weighted by Crippen LogP contribution is 2.36. The molecule has 0 saturated carbocycles. The molecule has 4 aromatic carbocycles. The van der Waals surface area contributed by atoms with Crippen LogP contribution in [0.15, 0.2) is 109 Å². The molecule has 0 radical (unpaired) electrons. The van der Waals surface area contributed by atoms with Gasteiger partial charge in [0, 0.05) is 60.4 Å². The molecular weight excluding hydrogens is 785 g/mol. The molecule has 2 aromatic heterocycles. The summed E-state index contributed by atoms with van der Waals surface area (Å²) in [5.74, 6) is 1.70. The lowest BCUT2D eigenvalue weighted by Gasteiger charge is -2.32. The van der Waals surface area contributed by atoms with Crippen LogP contribution in [0.5, 0.6) is 5.75 Å². The number of aromatic nitrogens is 2. The summed E-state index contributed by atoms with van der Waals surface area (Å²) < 4.78 is 10.8. The van der Waals surface area contributed by atoms with Crippen molar-refractivity contribution in [1.29, 1.82) is 0 Å². The zero-order valence-corrected chi connectivity index (χ0v) is 37.9. The number of benzene rings is 4. The Kier molecular flexibility index (Phi) is 15.8. The average Bonchev–Trinajstić information content (AvgIpc) is 3.84. The molecule has 6 aromatic rings. The van der Waals surface area contributed by atoms with Crippen LogP contribution in [0.1, 0.15) is 111 Å². The lowest BCUT2D eigenvalue weighted by Crippen LogP contribution is -2.35. The summed E-state index contributed by atoms with van der Waals surface area (Å²) in [4.78, 5) is 26.9. The molecule has 63 heavy (non-hydrogen) atoms. The Morgan fingerprint density at radius 2 is 1.14 bits per heavy atom. The third-order valence-electron chi connectivity index (χ3n) is 13.1. The second kappa shape index (κ2) is 21.8. The van der Waals surface area contributed by atoms with E-state index in [2.05, 4.69) is 108 Å². The van der Waals surface area contributed by atoms with Gasteiger partial charge in [-0.2, -0.15) is 0 Å². The highest BCUT2D eigenvalue weighted by molar-refractivity contribution is 5.87. The van der Waals surface area contributed by atoms with Gasteiger partial charge in [0.15, 0.2) is 0 Å². The largest absolute Gasteiger partial charge is 0.492 e. The van der Waals surface area contributed by atoms with Crippen LogP contribution in [0.3, 0.4) is 0 Å². The first-order valence-corrected chi connectivity index (χ1v) is 23.4. The van der Waals surface area contributed by atoms with Crippen LogP contribution in [-0.2, 0) is 30.8 Å². The highest BCUT2D eigenvalue weighted by Gasteiger charge is 2.25. The summed E-state index contributed by atoms with van der Waals surface area (Å²) in [7, 11) is 0.